The summed E-state index contributed by atoms with van der Waals surface area (Å²) in [5.41, 5.74) is 0.818. The summed E-state index contributed by atoms with van der Waals surface area (Å²) in [6, 6.07) is 12.3. The summed E-state index contributed by atoms with van der Waals surface area (Å²) < 4.78 is 27.7. The molecule has 7 nitrogen and oxygen atoms in total. The molecule has 0 spiro atoms. The standard InChI is InChI=1S/C23H29BrClN3O4S/c1-16(2)13-26-23(30)17(3)28(14-18-5-7-19(24)8-6-18)22(29)15-27(4)33(31,32)21-11-9-20(25)10-12-21/h5-12,16-17H,13-15H2,1-4H3,(H,26,30). The first kappa shape index (κ1) is 27.3. The molecule has 2 aromatic carbocycles. The second-order valence-corrected chi connectivity index (χ2v) is 11.6. The highest BCUT2D eigenvalue weighted by Gasteiger charge is 2.30. The second kappa shape index (κ2) is 12.0. The van der Waals surface area contributed by atoms with Crippen molar-refractivity contribution in [2.24, 2.45) is 5.92 Å². The first-order valence-electron chi connectivity index (χ1n) is 10.5. The van der Waals surface area contributed by atoms with Gasteiger partial charge < -0.3 is 10.2 Å². The second-order valence-electron chi connectivity index (χ2n) is 8.18. The van der Waals surface area contributed by atoms with Gasteiger partial charge in [0.05, 0.1) is 11.4 Å². The largest absolute Gasteiger partial charge is 0.354 e. The molecular weight excluding hydrogens is 530 g/mol. The van der Waals surface area contributed by atoms with Crippen molar-refractivity contribution in [3.05, 3.63) is 63.6 Å². The average molecular weight is 559 g/mol. The molecule has 2 aromatic rings. The van der Waals surface area contributed by atoms with Crippen LogP contribution in [0.5, 0.6) is 0 Å². The summed E-state index contributed by atoms with van der Waals surface area (Å²) in [4.78, 5) is 27.4. The highest BCUT2D eigenvalue weighted by molar-refractivity contribution is 9.10. The lowest BCUT2D eigenvalue weighted by molar-refractivity contribution is -0.140. The molecule has 0 saturated heterocycles. The summed E-state index contributed by atoms with van der Waals surface area (Å²) in [6.07, 6.45) is 0. The predicted molar refractivity (Wildman–Crippen MR) is 133 cm³/mol. The minimum absolute atomic E-state index is 0.0318. The van der Waals surface area contributed by atoms with Crippen molar-refractivity contribution in [2.75, 3.05) is 20.1 Å². The van der Waals surface area contributed by atoms with Gasteiger partial charge in [-0.25, -0.2) is 8.42 Å². The number of nitrogens with one attached hydrogen (secondary N) is 1. The Kier molecular flexibility index (Phi) is 9.90. The number of likely N-dealkylation sites (N-methyl/N-ethyl adjacent to an activating group) is 1. The number of carbonyl (C=O) groups is 2. The number of rotatable bonds is 10. The lowest BCUT2D eigenvalue weighted by Crippen LogP contribution is -2.51. The van der Waals surface area contributed by atoms with Gasteiger partial charge in [0.2, 0.25) is 21.8 Å². The van der Waals surface area contributed by atoms with Gasteiger partial charge in [0.1, 0.15) is 6.04 Å². The fourth-order valence-corrected chi connectivity index (χ4v) is 4.48. The molecule has 33 heavy (non-hydrogen) atoms. The van der Waals surface area contributed by atoms with Gasteiger partial charge in [-0.1, -0.05) is 53.5 Å². The van der Waals surface area contributed by atoms with E-state index in [0.29, 0.717) is 11.6 Å². The molecule has 0 aliphatic rings. The average Bonchev–Trinajstić information content (AvgIpc) is 2.76. The van der Waals surface area contributed by atoms with E-state index < -0.39 is 28.5 Å². The number of halogens is 2. The van der Waals surface area contributed by atoms with Gasteiger partial charge in [0, 0.05) is 29.6 Å². The Bertz CT molecular complexity index is 1060. The molecule has 180 valence electrons. The molecule has 2 rings (SSSR count). The van der Waals surface area contributed by atoms with Crippen molar-refractivity contribution in [2.45, 2.75) is 38.3 Å². The Hall–Kier alpha value is -1.94. The maximum atomic E-state index is 13.3. The Balaban J connectivity index is 2.24. The number of benzene rings is 2. The van der Waals surface area contributed by atoms with Gasteiger partial charge in [0.15, 0.2) is 0 Å². The summed E-state index contributed by atoms with van der Waals surface area (Å²) in [5.74, 6) is -0.519. The number of nitrogens with zero attached hydrogens (tertiary/aromatic N) is 2. The van der Waals surface area contributed by atoms with E-state index in [0.717, 1.165) is 14.3 Å². The molecule has 0 heterocycles. The van der Waals surface area contributed by atoms with Crippen LogP contribution < -0.4 is 5.32 Å². The van der Waals surface area contributed by atoms with Gasteiger partial charge in [-0.15, -0.1) is 0 Å². The third-order valence-electron chi connectivity index (χ3n) is 5.00. The Morgan fingerprint density at radius 2 is 1.61 bits per heavy atom. The number of carbonyl (C=O) groups excluding carboxylic acids is 2. The van der Waals surface area contributed by atoms with Crippen molar-refractivity contribution in [1.82, 2.24) is 14.5 Å². The maximum Gasteiger partial charge on any atom is 0.243 e. The highest BCUT2D eigenvalue weighted by Crippen LogP contribution is 2.19. The van der Waals surface area contributed by atoms with E-state index in [1.807, 2.05) is 38.1 Å². The molecule has 0 saturated carbocycles. The van der Waals surface area contributed by atoms with Crippen molar-refractivity contribution in [1.29, 1.82) is 0 Å². The zero-order chi connectivity index (χ0) is 24.8. The van der Waals surface area contributed by atoms with Crippen LogP contribution in [0, 0.1) is 5.92 Å². The van der Waals surface area contributed by atoms with Crippen LogP contribution in [0.1, 0.15) is 26.3 Å². The van der Waals surface area contributed by atoms with Gasteiger partial charge in [-0.05, 0) is 54.8 Å². The lowest BCUT2D eigenvalue weighted by atomic mass is 10.1. The number of hydrogen-bond donors (Lipinski definition) is 1. The van der Waals surface area contributed by atoms with Crippen LogP contribution in [0.4, 0.5) is 0 Å². The molecular formula is C23H29BrClN3O4S. The molecule has 1 unspecified atom stereocenters. The number of hydrogen-bond acceptors (Lipinski definition) is 4. The van der Waals surface area contributed by atoms with E-state index in [4.69, 9.17) is 11.6 Å². The topological polar surface area (TPSA) is 86.8 Å². The monoisotopic (exact) mass is 557 g/mol. The van der Waals surface area contributed by atoms with E-state index in [1.54, 1.807) is 6.92 Å². The first-order valence-corrected chi connectivity index (χ1v) is 13.1. The first-order chi connectivity index (χ1) is 15.4. The molecule has 0 aliphatic carbocycles. The zero-order valence-electron chi connectivity index (χ0n) is 19.1. The van der Waals surface area contributed by atoms with Gasteiger partial charge >= 0.3 is 0 Å². The minimum Gasteiger partial charge on any atom is -0.354 e. The van der Waals surface area contributed by atoms with Crippen LogP contribution in [0.25, 0.3) is 0 Å². The van der Waals surface area contributed by atoms with Crippen LogP contribution in [0.2, 0.25) is 5.02 Å². The van der Waals surface area contributed by atoms with Crippen LogP contribution in [-0.4, -0.2) is 55.6 Å². The normalized spacial score (nSPS) is 12.6. The molecule has 0 fully saturated rings. The van der Waals surface area contributed by atoms with Crippen LogP contribution in [0.15, 0.2) is 57.9 Å². The van der Waals surface area contributed by atoms with Crippen molar-refractivity contribution in [3.63, 3.8) is 0 Å². The molecule has 0 bridgehead atoms. The van der Waals surface area contributed by atoms with Gasteiger partial charge in [-0.2, -0.15) is 4.31 Å². The molecule has 0 aromatic heterocycles. The van der Waals surface area contributed by atoms with Gasteiger partial charge in [0.25, 0.3) is 0 Å². The Morgan fingerprint density at radius 1 is 1.03 bits per heavy atom. The minimum atomic E-state index is -3.91. The smallest absolute Gasteiger partial charge is 0.243 e. The summed E-state index contributed by atoms with van der Waals surface area (Å²) in [7, 11) is -2.57. The molecule has 0 aliphatic heterocycles. The fourth-order valence-electron chi connectivity index (χ4n) is 2.97. The predicted octanol–water partition coefficient (Wildman–Crippen LogP) is 3.91. The highest BCUT2D eigenvalue weighted by atomic mass is 79.9. The van der Waals surface area contributed by atoms with Crippen molar-refractivity contribution >= 4 is 49.4 Å². The number of sulfonamides is 1. The molecule has 0 radical (unpaired) electrons. The number of amides is 2. The molecule has 2 amide bonds. The SMILES string of the molecule is CC(C)CNC(=O)C(C)N(Cc1ccc(Br)cc1)C(=O)CN(C)S(=O)(=O)c1ccc(Cl)cc1. The fraction of sp³-hybridized carbons (Fsp3) is 0.391. The molecule has 1 N–H and O–H groups in total. The van der Waals surface area contributed by atoms with Crippen molar-refractivity contribution < 1.29 is 18.0 Å². The summed E-state index contributed by atoms with van der Waals surface area (Å²) in [5, 5.41) is 3.25. The lowest BCUT2D eigenvalue weighted by Gasteiger charge is -2.30. The van der Waals surface area contributed by atoms with E-state index in [9.17, 15) is 18.0 Å². The Morgan fingerprint density at radius 3 is 2.15 bits per heavy atom. The quantitative estimate of drug-likeness (QED) is 0.479. The molecule has 1 atom stereocenters. The summed E-state index contributed by atoms with van der Waals surface area (Å²) >= 11 is 9.24. The van der Waals surface area contributed by atoms with Gasteiger partial charge in [-0.3, -0.25) is 9.59 Å². The van der Waals surface area contributed by atoms with Crippen molar-refractivity contribution in [3.8, 4) is 0 Å². The van der Waals surface area contributed by atoms with Crippen LogP contribution in [0.3, 0.4) is 0 Å². The van der Waals surface area contributed by atoms with E-state index in [2.05, 4.69) is 21.2 Å². The summed E-state index contributed by atoms with van der Waals surface area (Å²) in [6.45, 7) is 5.83. The van der Waals surface area contributed by atoms with Crippen LogP contribution in [-0.2, 0) is 26.2 Å². The Labute approximate surface area is 209 Å². The van der Waals surface area contributed by atoms with Crippen LogP contribution >= 0.6 is 27.5 Å². The van der Waals surface area contributed by atoms with E-state index in [1.165, 1.54) is 36.2 Å². The molecule has 10 heteroatoms. The third-order valence-corrected chi connectivity index (χ3v) is 7.60. The third kappa shape index (κ3) is 7.81. The maximum absolute atomic E-state index is 13.3. The zero-order valence-corrected chi connectivity index (χ0v) is 22.2. The van der Waals surface area contributed by atoms with E-state index in [-0.39, 0.29) is 23.3 Å². The van der Waals surface area contributed by atoms with E-state index >= 15 is 0 Å².